The summed E-state index contributed by atoms with van der Waals surface area (Å²) in [7, 11) is 3.13. The molecule has 0 saturated carbocycles. The van der Waals surface area contributed by atoms with E-state index in [-0.39, 0.29) is 0 Å². The Balaban J connectivity index is 1.26. The third kappa shape index (κ3) is 5.58. The first-order valence-corrected chi connectivity index (χ1v) is 13.0. The number of H-pyrrole nitrogens is 1. The molecule has 3 aromatic heterocycles. The van der Waals surface area contributed by atoms with Crippen molar-refractivity contribution in [2.24, 2.45) is 0 Å². The predicted molar refractivity (Wildman–Crippen MR) is 148 cm³/mol. The van der Waals surface area contributed by atoms with Gasteiger partial charge in [-0.3, -0.25) is 15.1 Å². The molecule has 198 valence electrons. The fraction of sp³-hybridized carbons (Fsp3) is 0.179. The molecule has 2 N–H and O–H groups in total. The lowest BCUT2D eigenvalue weighted by Gasteiger charge is -2.15. The van der Waals surface area contributed by atoms with Crippen molar-refractivity contribution in [3.63, 3.8) is 0 Å². The van der Waals surface area contributed by atoms with Crippen molar-refractivity contribution in [2.45, 2.75) is 19.4 Å². The van der Waals surface area contributed by atoms with Crippen LogP contribution in [0.15, 0.2) is 66.3 Å². The van der Waals surface area contributed by atoms with Gasteiger partial charge in [-0.2, -0.15) is 0 Å². The van der Waals surface area contributed by atoms with Crippen molar-refractivity contribution in [1.82, 2.24) is 19.9 Å². The molecule has 0 fully saturated rings. The highest BCUT2D eigenvalue weighted by Crippen LogP contribution is 2.33. The summed E-state index contributed by atoms with van der Waals surface area (Å²) in [4.78, 5) is 42.2. The first-order chi connectivity index (χ1) is 19.0. The van der Waals surface area contributed by atoms with Crippen LogP contribution in [0.5, 0.6) is 11.5 Å². The molecular weight excluding hydrogens is 518 g/mol. The highest BCUT2D eigenvalue weighted by molar-refractivity contribution is 7.14. The minimum absolute atomic E-state index is 0.295. The van der Waals surface area contributed by atoms with Gasteiger partial charge in [-0.25, -0.2) is 14.8 Å². The van der Waals surface area contributed by atoms with Crippen LogP contribution < -0.4 is 14.8 Å². The summed E-state index contributed by atoms with van der Waals surface area (Å²) < 4.78 is 16.2. The molecule has 0 radical (unpaired) electrons. The van der Waals surface area contributed by atoms with E-state index in [0.29, 0.717) is 51.2 Å². The van der Waals surface area contributed by atoms with Gasteiger partial charge in [-0.1, -0.05) is 6.92 Å². The van der Waals surface area contributed by atoms with E-state index in [2.05, 4.69) is 25.3 Å². The molecule has 0 spiro atoms. The van der Waals surface area contributed by atoms with Gasteiger partial charge in [0.15, 0.2) is 22.7 Å². The van der Waals surface area contributed by atoms with E-state index in [1.807, 2.05) is 29.6 Å². The zero-order valence-corrected chi connectivity index (χ0v) is 22.2. The largest absolute Gasteiger partial charge is 0.493 e. The number of esters is 1. The second-order valence-electron chi connectivity index (χ2n) is 8.46. The number of hydrogen-bond donors (Lipinski definition) is 2. The number of aromatic amines is 1. The normalized spacial score (nSPS) is 11.7. The Hall–Kier alpha value is -4.77. The second-order valence-corrected chi connectivity index (χ2v) is 9.32. The van der Waals surface area contributed by atoms with E-state index in [1.54, 1.807) is 57.8 Å². The lowest BCUT2D eigenvalue weighted by molar-refractivity contribution is -0.124. The molecule has 11 heteroatoms. The number of benzene rings is 2. The topological polar surface area (TPSA) is 128 Å². The van der Waals surface area contributed by atoms with Gasteiger partial charge in [0.2, 0.25) is 0 Å². The quantitative estimate of drug-likeness (QED) is 0.239. The Kier molecular flexibility index (Phi) is 7.50. The van der Waals surface area contributed by atoms with Crippen LogP contribution in [-0.4, -0.2) is 52.1 Å². The van der Waals surface area contributed by atoms with Gasteiger partial charge in [0.25, 0.3) is 5.91 Å². The number of nitrogens with one attached hydrogen (secondary N) is 2. The number of thiazole rings is 1. The van der Waals surface area contributed by atoms with Crippen molar-refractivity contribution < 1.29 is 23.8 Å². The van der Waals surface area contributed by atoms with Crippen LogP contribution in [0.4, 0.5) is 5.13 Å². The SMILES string of the molecule is CCC(OC(=O)c1ccc2nc(-c3cccnc3)[nH]c2c1)C(=O)Nc1nc(-c2ccc(OC)c(OC)c2)cs1. The minimum Gasteiger partial charge on any atom is -0.493 e. The Bertz CT molecular complexity index is 1630. The van der Waals surface area contributed by atoms with Crippen LogP contribution in [0.1, 0.15) is 23.7 Å². The first-order valence-electron chi connectivity index (χ1n) is 12.1. The number of hydrogen-bond acceptors (Lipinski definition) is 9. The van der Waals surface area contributed by atoms with Crippen LogP contribution in [0.2, 0.25) is 0 Å². The molecule has 1 amide bonds. The number of carbonyl (C=O) groups excluding carboxylic acids is 2. The molecule has 0 bridgehead atoms. The van der Waals surface area contributed by atoms with Gasteiger partial charge in [-0.05, 0) is 55.0 Å². The summed E-state index contributed by atoms with van der Waals surface area (Å²) >= 11 is 1.27. The van der Waals surface area contributed by atoms with Gasteiger partial charge in [-0.15, -0.1) is 11.3 Å². The lowest BCUT2D eigenvalue weighted by Crippen LogP contribution is -2.32. The monoisotopic (exact) mass is 543 g/mol. The molecule has 0 saturated heterocycles. The van der Waals surface area contributed by atoms with Gasteiger partial charge < -0.3 is 19.2 Å². The summed E-state index contributed by atoms with van der Waals surface area (Å²) in [5.74, 6) is 0.763. The van der Waals surface area contributed by atoms with Crippen LogP contribution in [-0.2, 0) is 9.53 Å². The van der Waals surface area contributed by atoms with Crippen molar-refractivity contribution in [3.05, 3.63) is 71.9 Å². The maximum Gasteiger partial charge on any atom is 0.338 e. The van der Waals surface area contributed by atoms with Crippen molar-refractivity contribution in [1.29, 1.82) is 0 Å². The Labute approximate surface area is 228 Å². The van der Waals surface area contributed by atoms with Crippen molar-refractivity contribution in [2.75, 3.05) is 19.5 Å². The third-order valence-corrected chi connectivity index (χ3v) is 6.74. The number of rotatable bonds is 9. The summed E-state index contributed by atoms with van der Waals surface area (Å²) in [6.45, 7) is 1.77. The number of methoxy groups -OCH3 is 2. The minimum atomic E-state index is -0.991. The number of carbonyl (C=O) groups is 2. The molecular formula is C28H25N5O5S. The van der Waals surface area contributed by atoms with Crippen molar-refractivity contribution >= 4 is 39.4 Å². The van der Waals surface area contributed by atoms with Gasteiger partial charge in [0, 0.05) is 28.9 Å². The van der Waals surface area contributed by atoms with Crippen LogP contribution in [0.3, 0.4) is 0 Å². The zero-order chi connectivity index (χ0) is 27.4. The summed E-state index contributed by atoms with van der Waals surface area (Å²) in [6, 6.07) is 14.2. The number of pyridine rings is 1. The van der Waals surface area contributed by atoms with E-state index in [0.717, 1.165) is 11.1 Å². The molecule has 3 heterocycles. The van der Waals surface area contributed by atoms with E-state index in [9.17, 15) is 9.59 Å². The number of ether oxygens (including phenoxy) is 3. The summed E-state index contributed by atoms with van der Waals surface area (Å²) in [5, 5.41) is 4.97. The maximum absolute atomic E-state index is 12.9. The number of imidazole rings is 1. The van der Waals surface area contributed by atoms with Crippen LogP contribution in [0, 0.1) is 0 Å². The molecule has 0 aliphatic rings. The fourth-order valence-corrected chi connectivity index (χ4v) is 4.66. The highest BCUT2D eigenvalue weighted by Gasteiger charge is 2.24. The lowest BCUT2D eigenvalue weighted by atomic mass is 10.1. The Morgan fingerprint density at radius 3 is 2.62 bits per heavy atom. The molecule has 1 unspecified atom stereocenters. The molecule has 10 nitrogen and oxygen atoms in total. The fourth-order valence-electron chi connectivity index (χ4n) is 3.94. The van der Waals surface area contributed by atoms with E-state index in [4.69, 9.17) is 14.2 Å². The summed E-state index contributed by atoms with van der Waals surface area (Å²) in [6.07, 6.45) is 2.70. The van der Waals surface area contributed by atoms with E-state index in [1.165, 1.54) is 11.3 Å². The van der Waals surface area contributed by atoms with Crippen LogP contribution >= 0.6 is 11.3 Å². The van der Waals surface area contributed by atoms with Crippen molar-refractivity contribution in [3.8, 4) is 34.1 Å². The third-order valence-electron chi connectivity index (χ3n) is 5.98. The Morgan fingerprint density at radius 2 is 1.87 bits per heavy atom. The highest BCUT2D eigenvalue weighted by atomic mass is 32.1. The number of anilines is 1. The maximum atomic E-state index is 12.9. The molecule has 1 atom stereocenters. The van der Waals surface area contributed by atoms with E-state index < -0.39 is 18.0 Å². The number of nitrogens with zero attached hydrogens (tertiary/aromatic N) is 3. The molecule has 39 heavy (non-hydrogen) atoms. The number of aromatic nitrogens is 4. The first kappa shape index (κ1) is 25.9. The number of fused-ring (bicyclic) bond motifs is 1. The number of amides is 1. The predicted octanol–water partition coefficient (Wildman–Crippen LogP) is 5.34. The molecule has 0 aliphatic heterocycles. The van der Waals surface area contributed by atoms with E-state index >= 15 is 0 Å². The molecule has 2 aromatic carbocycles. The molecule has 0 aliphatic carbocycles. The van der Waals surface area contributed by atoms with Gasteiger partial charge >= 0.3 is 5.97 Å². The molecule has 5 aromatic rings. The second kappa shape index (κ2) is 11.3. The average molecular weight is 544 g/mol. The standard InChI is InChI=1S/C28H25N5O5S/c1-4-22(26(34)33-28-32-21(15-39-28)16-8-10-23(36-2)24(13-16)37-3)38-27(35)17-7-9-19-20(12-17)31-25(30-19)18-6-5-11-29-14-18/h5-15,22H,4H2,1-3H3,(H,30,31)(H,32,33,34). The van der Waals surface area contributed by atoms with Crippen LogP contribution in [0.25, 0.3) is 33.7 Å². The Morgan fingerprint density at radius 1 is 1.03 bits per heavy atom. The molecule has 5 rings (SSSR count). The van der Waals surface area contributed by atoms with Gasteiger partial charge in [0.1, 0.15) is 5.82 Å². The zero-order valence-electron chi connectivity index (χ0n) is 21.4. The van der Waals surface area contributed by atoms with Gasteiger partial charge in [0.05, 0.1) is 36.5 Å². The summed E-state index contributed by atoms with van der Waals surface area (Å²) in [5.41, 5.74) is 3.98. The smallest absolute Gasteiger partial charge is 0.338 e. The average Bonchev–Trinajstić information content (AvgIpc) is 3.62.